The van der Waals surface area contributed by atoms with E-state index in [9.17, 15) is 4.79 Å². The molecule has 0 fully saturated rings. The third-order valence-corrected chi connectivity index (χ3v) is 4.07. The van der Waals surface area contributed by atoms with Crippen LogP contribution in [0.15, 0.2) is 26.8 Å². The maximum absolute atomic E-state index is 11.5. The maximum Gasteiger partial charge on any atom is 0.252 e. The number of hydrogen-bond acceptors (Lipinski definition) is 4. The Balaban J connectivity index is 2.11. The number of anilines is 1. The molecule has 2 heterocycles. The van der Waals surface area contributed by atoms with Crippen molar-refractivity contribution in [2.24, 2.45) is 0 Å². The second-order valence-electron chi connectivity index (χ2n) is 4.26. The van der Waals surface area contributed by atoms with Crippen molar-refractivity contribution in [3.63, 3.8) is 0 Å². The highest BCUT2D eigenvalue weighted by Gasteiger charge is 2.05. The largest absolute Gasteiger partial charge is 0.365 e. The van der Waals surface area contributed by atoms with Crippen molar-refractivity contribution in [3.8, 4) is 0 Å². The van der Waals surface area contributed by atoms with E-state index in [-0.39, 0.29) is 11.5 Å². The molecule has 0 saturated heterocycles. The molecule has 2 aromatic heterocycles. The van der Waals surface area contributed by atoms with Crippen LogP contribution in [0.3, 0.4) is 0 Å². The second-order valence-corrected chi connectivity index (χ2v) is 6.17. The van der Waals surface area contributed by atoms with Gasteiger partial charge in [-0.05, 0) is 22.0 Å². The molecule has 0 aliphatic carbocycles. The van der Waals surface area contributed by atoms with Crippen LogP contribution in [0.4, 0.5) is 5.82 Å². The SMILES string of the molecule is CC(C)c1nc(NCc2cc(Br)cs2)cc(=O)[nH]1. The van der Waals surface area contributed by atoms with E-state index in [1.54, 1.807) is 11.3 Å². The highest BCUT2D eigenvalue weighted by atomic mass is 79.9. The number of aromatic nitrogens is 2. The number of hydrogen-bond donors (Lipinski definition) is 2. The van der Waals surface area contributed by atoms with Crippen LogP contribution in [0.5, 0.6) is 0 Å². The topological polar surface area (TPSA) is 57.8 Å². The number of aromatic amines is 1. The summed E-state index contributed by atoms with van der Waals surface area (Å²) in [6.45, 7) is 4.67. The number of halogens is 1. The van der Waals surface area contributed by atoms with Crippen LogP contribution < -0.4 is 10.9 Å². The van der Waals surface area contributed by atoms with Gasteiger partial charge in [-0.2, -0.15) is 0 Å². The van der Waals surface area contributed by atoms with E-state index in [0.29, 0.717) is 18.2 Å². The first-order chi connectivity index (χ1) is 8.54. The van der Waals surface area contributed by atoms with Gasteiger partial charge in [0.15, 0.2) is 0 Å². The van der Waals surface area contributed by atoms with Crippen molar-refractivity contribution in [1.29, 1.82) is 0 Å². The Hall–Kier alpha value is -1.14. The normalized spacial score (nSPS) is 10.9. The van der Waals surface area contributed by atoms with Crippen LogP contribution in [-0.4, -0.2) is 9.97 Å². The number of nitrogens with one attached hydrogen (secondary N) is 2. The van der Waals surface area contributed by atoms with E-state index < -0.39 is 0 Å². The summed E-state index contributed by atoms with van der Waals surface area (Å²) in [6.07, 6.45) is 0. The number of thiophene rings is 1. The van der Waals surface area contributed by atoms with Crippen molar-refractivity contribution in [2.75, 3.05) is 5.32 Å². The molecule has 18 heavy (non-hydrogen) atoms. The Labute approximate surface area is 118 Å². The summed E-state index contributed by atoms with van der Waals surface area (Å²) in [7, 11) is 0. The van der Waals surface area contributed by atoms with Gasteiger partial charge in [-0.15, -0.1) is 11.3 Å². The Morgan fingerprint density at radius 3 is 2.89 bits per heavy atom. The molecule has 0 aliphatic rings. The minimum atomic E-state index is -0.122. The van der Waals surface area contributed by atoms with Crippen LogP contribution in [0.1, 0.15) is 30.5 Å². The fourth-order valence-corrected chi connectivity index (χ4v) is 2.86. The van der Waals surface area contributed by atoms with Crippen molar-refractivity contribution in [3.05, 3.63) is 43.0 Å². The van der Waals surface area contributed by atoms with Crippen LogP contribution in [0.2, 0.25) is 0 Å². The monoisotopic (exact) mass is 327 g/mol. The molecule has 0 aliphatic heterocycles. The smallest absolute Gasteiger partial charge is 0.252 e. The number of rotatable bonds is 4. The Morgan fingerprint density at radius 2 is 2.28 bits per heavy atom. The molecule has 0 amide bonds. The van der Waals surface area contributed by atoms with Gasteiger partial charge in [-0.25, -0.2) is 4.98 Å². The zero-order valence-corrected chi connectivity index (χ0v) is 12.6. The number of nitrogens with zero attached hydrogens (tertiary/aromatic N) is 1. The van der Waals surface area contributed by atoms with E-state index in [1.165, 1.54) is 10.9 Å². The van der Waals surface area contributed by atoms with Crippen LogP contribution in [0, 0.1) is 0 Å². The lowest BCUT2D eigenvalue weighted by atomic mass is 10.2. The van der Waals surface area contributed by atoms with E-state index in [1.807, 2.05) is 25.3 Å². The van der Waals surface area contributed by atoms with E-state index in [2.05, 4.69) is 31.2 Å². The van der Waals surface area contributed by atoms with Gasteiger partial charge in [0, 0.05) is 26.7 Å². The molecule has 0 saturated carbocycles. The molecule has 2 rings (SSSR count). The van der Waals surface area contributed by atoms with Gasteiger partial charge < -0.3 is 10.3 Å². The highest BCUT2D eigenvalue weighted by Crippen LogP contribution is 2.20. The molecule has 2 N–H and O–H groups in total. The van der Waals surface area contributed by atoms with Gasteiger partial charge in [-0.1, -0.05) is 13.8 Å². The Morgan fingerprint density at radius 1 is 1.50 bits per heavy atom. The summed E-state index contributed by atoms with van der Waals surface area (Å²) in [5, 5.41) is 5.20. The van der Waals surface area contributed by atoms with Crippen molar-refractivity contribution >= 4 is 33.1 Å². The average Bonchev–Trinajstić information content (AvgIpc) is 2.72. The van der Waals surface area contributed by atoms with E-state index in [0.717, 1.165) is 4.47 Å². The zero-order valence-electron chi connectivity index (χ0n) is 10.2. The summed E-state index contributed by atoms with van der Waals surface area (Å²) < 4.78 is 1.08. The van der Waals surface area contributed by atoms with Gasteiger partial charge in [0.1, 0.15) is 11.6 Å². The minimum absolute atomic E-state index is 0.122. The molecule has 96 valence electrons. The standard InChI is InChI=1S/C12H14BrN3OS/c1-7(2)12-15-10(4-11(17)16-12)14-5-9-3-8(13)6-18-9/h3-4,6-7H,5H2,1-2H3,(H2,14,15,16,17). The molecule has 0 unspecified atom stereocenters. The predicted octanol–water partition coefficient (Wildman–Crippen LogP) is 3.33. The van der Waals surface area contributed by atoms with E-state index >= 15 is 0 Å². The summed E-state index contributed by atoms with van der Waals surface area (Å²) in [4.78, 5) is 19.8. The summed E-state index contributed by atoms with van der Waals surface area (Å²) >= 11 is 5.07. The maximum atomic E-state index is 11.5. The van der Waals surface area contributed by atoms with Crippen molar-refractivity contribution in [1.82, 2.24) is 9.97 Å². The number of H-pyrrole nitrogens is 1. The summed E-state index contributed by atoms with van der Waals surface area (Å²) in [5.74, 6) is 1.53. The molecule has 0 spiro atoms. The lowest BCUT2D eigenvalue weighted by Gasteiger charge is -2.08. The molecule has 2 aromatic rings. The highest BCUT2D eigenvalue weighted by molar-refractivity contribution is 9.10. The average molecular weight is 328 g/mol. The minimum Gasteiger partial charge on any atom is -0.365 e. The van der Waals surface area contributed by atoms with Crippen LogP contribution in [-0.2, 0) is 6.54 Å². The van der Waals surface area contributed by atoms with Crippen LogP contribution >= 0.6 is 27.3 Å². The fourth-order valence-electron chi connectivity index (χ4n) is 1.46. The molecule has 0 bridgehead atoms. The van der Waals surface area contributed by atoms with Gasteiger partial charge in [0.25, 0.3) is 5.56 Å². The van der Waals surface area contributed by atoms with Crippen molar-refractivity contribution < 1.29 is 0 Å². The summed E-state index contributed by atoms with van der Waals surface area (Å²) in [6, 6.07) is 3.53. The molecule has 4 nitrogen and oxygen atoms in total. The van der Waals surface area contributed by atoms with Gasteiger partial charge in [0.05, 0.1) is 6.54 Å². The quantitative estimate of drug-likeness (QED) is 0.905. The molecule has 0 atom stereocenters. The summed E-state index contributed by atoms with van der Waals surface area (Å²) in [5.41, 5.74) is -0.122. The molecule has 6 heteroatoms. The first kappa shape index (κ1) is 13.3. The second kappa shape index (κ2) is 5.67. The predicted molar refractivity (Wildman–Crippen MR) is 78.3 cm³/mol. The Bertz CT molecular complexity index is 591. The molecular formula is C12H14BrN3OS. The van der Waals surface area contributed by atoms with Gasteiger partial charge >= 0.3 is 0 Å². The van der Waals surface area contributed by atoms with Gasteiger partial charge in [0.2, 0.25) is 0 Å². The third-order valence-electron chi connectivity index (χ3n) is 2.37. The molecule has 0 radical (unpaired) electrons. The fraction of sp³-hybridized carbons (Fsp3) is 0.333. The molecular weight excluding hydrogens is 314 g/mol. The zero-order chi connectivity index (χ0) is 13.1. The Kier molecular flexibility index (Phi) is 4.19. The van der Waals surface area contributed by atoms with E-state index in [4.69, 9.17) is 0 Å². The first-order valence-electron chi connectivity index (χ1n) is 5.62. The lowest BCUT2D eigenvalue weighted by Crippen LogP contribution is -2.14. The van der Waals surface area contributed by atoms with Gasteiger partial charge in [-0.3, -0.25) is 4.79 Å². The van der Waals surface area contributed by atoms with Crippen LogP contribution in [0.25, 0.3) is 0 Å². The van der Waals surface area contributed by atoms with Crippen molar-refractivity contribution in [2.45, 2.75) is 26.3 Å². The molecule has 0 aromatic carbocycles. The third kappa shape index (κ3) is 3.43. The first-order valence-corrected chi connectivity index (χ1v) is 7.30. The lowest BCUT2D eigenvalue weighted by molar-refractivity contribution is 0.767.